The zero-order chi connectivity index (χ0) is 16.7. The Labute approximate surface area is 152 Å². The predicted octanol–water partition coefficient (Wildman–Crippen LogP) is 0.0370. The molecular formula is C15H20ClN5O3S. The Bertz CT molecular complexity index is 872. The van der Waals surface area contributed by atoms with Crippen molar-refractivity contribution in [2.45, 2.75) is 4.90 Å². The van der Waals surface area contributed by atoms with Crippen molar-refractivity contribution in [3.8, 4) is 0 Å². The molecule has 136 valence electrons. The molecular weight excluding hydrogens is 366 g/mol. The molecule has 2 N–H and O–H groups in total. The second-order valence-corrected chi connectivity index (χ2v) is 8.04. The first-order valence-corrected chi connectivity index (χ1v) is 9.43. The van der Waals surface area contributed by atoms with E-state index in [2.05, 4.69) is 15.3 Å². The van der Waals surface area contributed by atoms with E-state index in [0.29, 0.717) is 37.2 Å². The standard InChI is InChI=1S/C15H19N5O3S.ClH/c21-15(11-8-16-9-11)19-4-6-20(7-5-19)24(22,23)13-10-18-14-12(13)2-1-3-17-14;/h1-3,10-11,16H,4-9H2,(H,17,18);1H. The summed E-state index contributed by atoms with van der Waals surface area (Å²) >= 11 is 0. The normalized spacial score (nSPS) is 19.4. The molecule has 2 saturated heterocycles. The summed E-state index contributed by atoms with van der Waals surface area (Å²) in [7, 11) is -3.59. The monoisotopic (exact) mass is 385 g/mol. The molecule has 2 aliphatic rings. The van der Waals surface area contributed by atoms with Gasteiger partial charge < -0.3 is 15.2 Å². The van der Waals surface area contributed by atoms with E-state index in [0.717, 1.165) is 13.1 Å². The second kappa shape index (κ2) is 6.91. The van der Waals surface area contributed by atoms with Crippen LogP contribution in [0.15, 0.2) is 29.4 Å². The van der Waals surface area contributed by atoms with Crippen molar-refractivity contribution in [2.75, 3.05) is 39.3 Å². The molecule has 0 bridgehead atoms. The molecule has 2 aromatic heterocycles. The predicted molar refractivity (Wildman–Crippen MR) is 95.0 cm³/mol. The van der Waals surface area contributed by atoms with Crippen LogP contribution < -0.4 is 5.32 Å². The number of carbonyl (C=O) groups excluding carboxylic acids is 1. The van der Waals surface area contributed by atoms with Crippen LogP contribution in [0.1, 0.15) is 0 Å². The van der Waals surface area contributed by atoms with Crippen LogP contribution in [0, 0.1) is 5.92 Å². The molecule has 0 aromatic carbocycles. The molecule has 4 heterocycles. The van der Waals surface area contributed by atoms with Crippen LogP contribution in [0.3, 0.4) is 0 Å². The number of nitrogens with zero attached hydrogens (tertiary/aromatic N) is 3. The summed E-state index contributed by atoms with van der Waals surface area (Å²) in [6.45, 7) is 2.96. The fourth-order valence-corrected chi connectivity index (χ4v) is 4.73. The minimum absolute atomic E-state index is 0. The number of aromatic nitrogens is 2. The number of halogens is 1. The summed E-state index contributed by atoms with van der Waals surface area (Å²) in [4.78, 5) is 21.3. The van der Waals surface area contributed by atoms with E-state index in [1.807, 2.05) is 0 Å². The van der Waals surface area contributed by atoms with E-state index >= 15 is 0 Å². The van der Waals surface area contributed by atoms with Gasteiger partial charge in [-0.3, -0.25) is 4.79 Å². The van der Waals surface area contributed by atoms with Gasteiger partial charge in [-0.2, -0.15) is 4.31 Å². The molecule has 0 unspecified atom stereocenters. The number of hydrogen-bond donors (Lipinski definition) is 2. The van der Waals surface area contributed by atoms with Gasteiger partial charge in [-0.15, -0.1) is 12.4 Å². The summed E-state index contributed by atoms with van der Waals surface area (Å²) in [5, 5.41) is 3.68. The number of rotatable bonds is 3. The van der Waals surface area contributed by atoms with Crippen LogP contribution in [0.4, 0.5) is 0 Å². The number of sulfonamides is 1. The summed E-state index contributed by atoms with van der Waals surface area (Å²) < 4.78 is 27.3. The van der Waals surface area contributed by atoms with Crippen LogP contribution in [0.2, 0.25) is 0 Å². The summed E-state index contributed by atoms with van der Waals surface area (Å²) in [5.74, 6) is 0.176. The maximum Gasteiger partial charge on any atom is 0.245 e. The van der Waals surface area contributed by atoms with E-state index in [1.54, 1.807) is 23.2 Å². The molecule has 25 heavy (non-hydrogen) atoms. The minimum Gasteiger partial charge on any atom is -0.345 e. The average molecular weight is 386 g/mol. The third-order valence-electron chi connectivity index (χ3n) is 4.71. The van der Waals surface area contributed by atoms with E-state index in [-0.39, 0.29) is 29.1 Å². The number of fused-ring (bicyclic) bond motifs is 1. The quantitative estimate of drug-likeness (QED) is 0.777. The van der Waals surface area contributed by atoms with Gasteiger partial charge in [-0.1, -0.05) is 0 Å². The van der Waals surface area contributed by atoms with E-state index in [4.69, 9.17) is 0 Å². The molecule has 2 aromatic rings. The largest absolute Gasteiger partial charge is 0.345 e. The maximum absolute atomic E-state index is 12.9. The second-order valence-electron chi connectivity index (χ2n) is 6.14. The van der Waals surface area contributed by atoms with Crippen molar-refractivity contribution in [3.63, 3.8) is 0 Å². The van der Waals surface area contributed by atoms with Gasteiger partial charge in [0.2, 0.25) is 15.9 Å². The Kier molecular flexibility index (Phi) is 5.01. The summed E-state index contributed by atoms with van der Waals surface area (Å²) in [5.41, 5.74) is 0.558. The Morgan fingerprint density at radius 1 is 1.20 bits per heavy atom. The molecule has 0 atom stereocenters. The van der Waals surface area contributed by atoms with Gasteiger partial charge in [0.15, 0.2) is 0 Å². The number of aromatic amines is 1. The Balaban J connectivity index is 0.00000182. The Hall–Kier alpha value is -1.68. The molecule has 4 rings (SSSR count). The highest BCUT2D eigenvalue weighted by molar-refractivity contribution is 7.89. The van der Waals surface area contributed by atoms with Crippen molar-refractivity contribution in [2.24, 2.45) is 5.92 Å². The fourth-order valence-electron chi connectivity index (χ4n) is 3.15. The van der Waals surface area contributed by atoms with E-state index in [9.17, 15) is 13.2 Å². The molecule has 0 spiro atoms. The zero-order valence-corrected chi connectivity index (χ0v) is 15.1. The van der Waals surface area contributed by atoms with Crippen LogP contribution in [0.25, 0.3) is 11.0 Å². The van der Waals surface area contributed by atoms with Crippen LogP contribution in [0.5, 0.6) is 0 Å². The highest BCUT2D eigenvalue weighted by Gasteiger charge is 2.35. The Morgan fingerprint density at radius 3 is 2.56 bits per heavy atom. The lowest BCUT2D eigenvalue weighted by Gasteiger charge is -2.37. The summed E-state index contributed by atoms with van der Waals surface area (Å²) in [6.07, 6.45) is 3.11. The van der Waals surface area contributed by atoms with Gasteiger partial charge in [0.25, 0.3) is 0 Å². The topological polar surface area (TPSA) is 98.4 Å². The van der Waals surface area contributed by atoms with E-state index < -0.39 is 10.0 Å². The molecule has 8 nitrogen and oxygen atoms in total. The molecule has 2 aliphatic heterocycles. The van der Waals surface area contributed by atoms with Gasteiger partial charge in [0.05, 0.1) is 5.92 Å². The lowest BCUT2D eigenvalue weighted by Crippen LogP contribution is -2.57. The van der Waals surface area contributed by atoms with Crippen LogP contribution >= 0.6 is 12.4 Å². The lowest BCUT2D eigenvalue weighted by atomic mass is 10.0. The van der Waals surface area contributed by atoms with Crippen molar-refractivity contribution in [1.29, 1.82) is 0 Å². The van der Waals surface area contributed by atoms with Crippen LogP contribution in [-0.2, 0) is 14.8 Å². The molecule has 2 fully saturated rings. The van der Waals surface area contributed by atoms with Gasteiger partial charge in [-0.25, -0.2) is 13.4 Å². The van der Waals surface area contributed by atoms with Crippen molar-refractivity contribution in [3.05, 3.63) is 24.5 Å². The highest BCUT2D eigenvalue weighted by atomic mass is 35.5. The maximum atomic E-state index is 12.9. The van der Waals surface area contributed by atoms with Crippen LogP contribution in [-0.4, -0.2) is 72.8 Å². The van der Waals surface area contributed by atoms with Gasteiger partial charge in [-0.05, 0) is 12.1 Å². The number of H-pyrrole nitrogens is 1. The minimum atomic E-state index is -3.59. The smallest absolute Gasteiger partial charge is 0.245 e. The van der Waals surface area contributed by atoms with Gasteiger partial charge >= 0.3 is 0 Å². The third kappa shape index (κ3) is 3.12. The number of pyridine rings is 1. The van der Waals surface area contributed by atoms with E-state index in [1.165, 1.54) is 10.5 Å². The average Bonchev–Trinajstić information content (AvgIpc) is 2.98. The SMILES string of the molecule is Cl.O=C(C1CNC1)N1CCN(S(=O)(=O)c2c[nH]c3ncccc23)CC1. The number of piperazine rings is 1. The lowest BCUT2D eigenvalue weighted by molar-refractivity contribution is -0.138. The molecule has 0 radical (unpaired) electrons. The Morgan fingerprint density at radius 2 is 1.92 bits per heavy atom. The number of nitrogens with one attached hydrogen (secondary N) is 2. The number of amides is 1. The van der Waals surface area contributed by atoms with Crippen molar-refractivity contribution in [1.82, 2.24) is 24.5 Å². The zero-order valence-electron chi connectivity index (χ0n) is 13.5. The molecule has 1 amide bonds. The number of carbonyl (C=O) groups is 1. The van der Waals surface area contributed by atoms with Crippen molar-refractivity contribution >= 4 is 39.4 Å². The first-order valence-electron chi connectivity index (χ1n) is 7.99. The third-order valence-corrected chi connectivity index (χ3v) is 6.65. The molecule has 10 heteroatoms. The van der Waals surface area contributed by atoms with Crippen molar-refractivity contribution < 1.29 is 13.2 Å². The molecule has 0 aliphatic carbocycles. The first-order chi connectivity index (χ1) is 11.6. The fraction of sp³-hybridized carbons (Fsp3) is 0.467. The first kappa shape index (κ1) is 18.1. The number of hydrogen-bond acceptors (Lipinski definition) is 5. The molecule has 0 saturated carbocycles. The van der Waals surface area contributed by atoms with Gasteiger partial charge in [0, 0.05) is 57.0 Å². The summed E-state index contributed by atoms with van der Waals surface area (Å²) in [6, 6.07) is 3.47. The highest BCUT2D eigenvalue weighted by Crippen LogP contribution is 2.25. The van der Waals surface area contributed by atoms with Gasteiger partial charge in [0.1, 0.15) is 10.5 Å².